The number of non-ortho nitro benzene ring substituents is 2. The van der Waals surface area contributed by atoms with Crippen LogP contribution in [0.3, 0.4) is 0 Å². The summed E-state index contributed by atoms with van der Waals surface area (Å²) >= 11 is 0. The molecule has 1 aliphatic carbocycles. The first-order valence-electron chi connectivity index (χ1n) is 13.7. The molecule has 0 saturated carbocycles. The number of amides is 3. The Hall–Kier alpha value is -6.05. The quantitative estimate of drug-likeness (QED) is 0.0646. The number of hydrazine groups is 1. The molecule has 0 N–H and O–H groups in total. The minimum absolute atomic E-state index is 0.0594. The molecule has 0 spiro atoms. The number of nitro benzene ring substituents is 2. The summed E-state index contributed by atoms with van der Waals surface area (Å²) in [5, 5.41) is 23.4. The number of fused-ring (bicyclic) bond motifs is 1. The van der Waals surface area contributed by atoms with Crippen LogP contribution < -0.4 is 4.74 Å². The van der Waals surface area contributed by atoms with E-state index >= 15 is 0 Å². The zero-order chi connectivity index (χ0) is 32.4. The number of carbonyl (C=O) groups excluding carboxylic acids is 5. The largest absolute Gasteiger partial charge is 0.423 e. The number of esters is 1. The fraction of sp³-hybridized carbons (Fsp3) is 0.194. The van der Waals surface area contributed by atoms with Gasteiger partial charge in [-0.1, -0.05) is 19.1 Å². The molecule has 1 saturated heterocycles. The van der Waals surface area contributed by atoms with Crippen LogP contribution in [0.1, 0.15) is 44.4 Å². The number of nitrogens with zero attached hydrogens (tertiary/aromatic N) is 4. The normalized spacial score (nSPS) is 18.7. The molecule has 14 nitrogen and oxygen atoms in total. The van der Waals surface area contributed by atoms with E-state index < -0.39 is 57.7 Å². The van der Waals surface area contributed by atoms with E-state index in [0.717, 1.165) is 29.3 Å². The van der Waals surface area contributed by atoms with Gasteiger partial charge < -0.3 is 4.74 Å². The van der Waals surface area contributed by atoms with E-state index in [1.807, 2.05) is 6.08 Å². The van der Waals surface area contributed by atoms with Gasteiger partial charge in [0, 0.05) is 35.4 Å². The molecule has 1 aliphatic heterocycles. The average molecular weight is 613 g/mol. The third-order valence-corrected chi connectivity index (χ3v) is 7.64. The lowest BCUT2D eigenvalue weighted by molar-refractivity contribution is -0.385. The van der Waals surface area contributed by atoms with E-state index in [-0.39, 0.29) is 39.7 Å². The van der Waals surface area contributed by atoms with Crippen molar-refractivity contribution in [3.8, 4) is 5.75 Å². The van der Waals surface area contributed by atoms with Crippen molar-refractivity contribution in [2.75, 3.05) is 6.54 Å². The number of imide groups is 1. The van der Waals surface area contributed by atoms with Gasteiger partial charge in [-0.25, -0.2) is 9.80 Å². The molecule has 14 heteroatoms. The highest BCUT2D eigenvalue weighted by Gasteiger charge is 2.53. The second kappa shape index (κ2) is 12.3. The molecule has 1 heterocycles. The molecular formula is C31H24N4O10. The number of hydrogen-bond acceptors (Lipinski definition) is 10. The van der Waals surface area contributed by atoms with Crippen molar-refractivity contribution in [2.45, 2.75) is 13.3 Å². The van der Waals surface area contributed by atoms with Gasteiger partial charge in [0.25, 0.3) is 29.1 Å². The van der Waals surface area contributed by atoms with E-state index in [4.69, 9.17) is 4.74 Å². The van der Waals surface area contributed by atoms with Crippen molar-refractivity contribution in [1.82, 2.24) is 10.0 Å². The predicted octanol–water partition coefficient (Wildman–Crippen LogP) is 4.16. The predicted molar refractivity (Wildman–Crippen MR) is 155 cm³/mol. The Morgan fingerprint density at radius 3 is 1.89 bits per heavy atom. The lowest BCUT2D eigenvalue weighted by Crippen LogP contribution is -2.52. The zero-order valence-corrected chi connectivity index (χ0v) is 23.6. The molecule has 3 aromatic rings. The monoisotopic (exact) mass is 612 g/mol. The summed E-state index contributed by atoms with van der Waals surface area (Å²) in [5.74, 6) is -5.22. The topological polar surface area (TPSA) is 187 Å². The van der Waals surface area contributed by atoms with Gasteiger partial charge in [0.15, 0.2) is 5.78 Å². The van der Waals surface area contributed by atoms with Crippen LogP contribution in [0.4, 0.5) is 11.4 Å². The molecule has 0 radical (unpaired) electrons. The maximum atomic E-state index is 13.7. The Kier molecular flexibility index (Phi) is 8.30. The van der Waals surface area contributed by atoms with E-state index in [2.05, 4.69) is 0 Å². The molecule has 0 aromatic heterocycles. The van der Waals surface area contributed by atoms with Gasteiger partial charge in [0.2, 0.25) is 0 Å². The SMILES string of the molecule is C[C@@H]1C=CC[C@@H]2C(=O)N(N(CC(=O)c3ccc(OC(=O)c4ccc([N+](=O)[O-])cc4)cc3)C(=O)c3ccc([N+](=O)[O-])cc3)C(=O)[C@H]12. The molecule has 3 amide bonds. The summed E-state index contributed by atoms with van der Waals surface area (Å²) in [7, 11) is 0. The number of allylic oxidation sites excluding steroid dienone is 2. The lowest BCUT2D eigenvalue weighted by atomic mass is 9.78. The van der Waals surface area contributed by atoms with Crippen LogP contribution in [0.2, 0.25) is 0 Å². The Labute approximate surface area is 254 Å². The van der Waals surface area contributed by atoms with Gasteiger partial charge >= 0.3 is 5.97 Å². The standard InChI is InChI=1S/C31H24N4O10/c1-18-3-2-4-25-27(18)30(39)33(29(25)38)32(28(37)20-5-11-22(12-6-20)34(41)42)17-26(36)19-9-15-24(16-10-19)45-31(40)21-7-13-23(14-8-21)35(43)44/h2-3,5-16,18,25,27H,4,17H2,1H3/t18-,25+,27-/m1/s1. The first-order chi connectivity index (χ1) is 21.5. The molecule has 0 unspecified atom stereocenters. The van der Waals surface area contributed by atoms with Crippen LogP contribution in [-0.4, -0.2) is 55.9 Å². The number of ketones is 1. The Balaban J connectivity index is 1.37. The van der Waals surface area contributed by atoms with E-state index in [1.165, 1.54) is 48.5 Å². The number of carbonyl (C=O) groups is 5. The molecule has 45 heavy (non-hydrogen) atoms. The highest BCUT2D eigenvalue weighted by Crippen LogP contribution is 2.39. The van der Waals surface area contributed by atoms with Crippen molar-refractivity contribution in [1.29, 1.82) is 0 Å². The van der Waals surface area contributed by atoms with Gasteiger partial charge in [0.1, 0.15) is 12.3 Å². The van der Waals surface area contributed by atoms with E-state index in [9.17, 15) is 44.2 Å². The number of rotatable bonds is 9. The van der Waals surface area contributed by atoms with Gasteiger partial charge in [-0.05, 0) is 60.9 Å². The highest BCUT2D eigenvalue weighted by atomic mass is 16.6. The van der Waals surface area contributed by atoms with Gasteiger partial charge in [-0.2, -0.15) is 5.01 Å². The molecule has 228 valence electrons. The molecule has 2 aliphatic rings. The number of ether oxygens (including phenoxy) is 1. The van der Waals surface area contributed by atoms with Crippen LogP contribution in [0.25, 0.3) is 0 Å². The zero-order valence-electron chi connectivity index (χ0n) is 23.6. The fourth-order valence-electron chi connectivity index (χ4n) is 5.30. The van der Waals surface area contributed by atoms with Crippen LogP contribution in [-0.2, 0) is 9.59 Å². The number of nitro groups is 2. The lowest BCUT2D eigenvalue weighted by Gasteiger charge is -2.30. The van der Waals surface area contributed by atoms with Crippen molar-refractivity contribution in [2.24, 2.45) is 17.8 Å². The second-order valence-corrected chi connectivity index (χ2v) is 10.5. The van der Waals surface area contributed by atoms with Gasteiger partial charge in [-0.3, -0.25) is 39.4 Å². The van der Waals surface area contributed by atoms with Gasteiger partial charge in [-0.15, -0.1) is 0 Å². The third-order valence-electron chi connectivity index (χ3n) is 7.64. The summed E-state index contributed by atoms with van der Waals surface area (Å²) in [6.45, 7) is 1.07. The average Bonchev–Trinajstić information content (AvgIpc) is 3.29. The minimum Gasteiger partial charge on any atom is -0.423 e. The number of hydrogen-bond donors (Lipinski definition) is 0. The summed E-state index contributed by atoms with van der Waals surface area (Å²) in [4.78, 5) is 87.2. The molecule has 0 bridgehead atoms. The Morgan fingerprint density at radius 2 is 1.36 bits per heavy atom. The first-order valence-corrected chi connectivity index (χ1v) is 13.7. The molecular weight excluding hydrogens is 588 g/mol. The summed E-state index contributed by atoms with van der Waals surface area (Å²) < 4.78 is 5.28. The first kappa shape index (κ1) is 30.4. The van der Waals surface area contributed by atoms with E-state index in [0.29, 0.717) is 11.4 Å². The molecule has 3 atom stereocenters. The Bertz CT molecular complexity index is 1750. The third kappa shape index (κ3) is 6.06. The van der Waals surface area contributed by atoms with Crippen molar-refractivity contribution in [3.63, 3.8) is 0 Å². The highest BCUT2D eigenvalue weighted by molar-refractivity contribution is 6.10. The smallest absolute Gasteiger partial charge is 0.343 e. The van der Waals surface area contributed by atoms with Gasteiger partial charge in [0.05, 0.1) is 27.2 Å². The number of benzene rings is 3. The maximum Gasteiger partial charge on any atom is 0.343 e. The van der Waals surface area contributed by atoms with Crippen LogP contribution in [0.15, 0.2) is 84.9 Å². The molecule has 3 aromatic carbocycles. The van der Waals surface area contributed by atoms with Crippen molar-refractivity contribution < 1.29 is 38.6 Å². The van der Waals surface area contributed by atoms with Crippen LogP contribution in [0.5, 0.6) is 5.75 Å². The van der Waals surface area contributed by atoms with Crippen LogP contribution >= 0.6 is 0 Å². The summed E-state index contributed by atoms with van der Waals surface area (Å²) in [6.07, 6.45) is 3.91. The van der Waals surface area contributed by atoms with Crippen molar-refractivity contribution in [3.05, 3.63) is 122 Å². The molecule has 5 rings (SSSR count). The Morgan fingerprint density at radius 1 is 0.822 bits per heavy atom. The van der Waals surface area contributed by atoms with Crippen molar-refractivity contribution >= 4 is 40.8 Å². The summed E-state index contributed by atoms with van der Waals surface area (Å²) in [6, 6.07) is 14.7. The van der Waals surface area contributed by atoms with E-state index in [1.54, 1.807) is 13.0 Å². The molecule has 1 fully saturated rings. The second-order valence-electron chi connectivity index (χ2n) is 10.5. The number of Topliss-reactive ketones (excluding diaryl/α,β-unsaturated/α-hetero) is 1. The summed E-state index contributed by atoms with van der Waals surface area (Å²) in [5.41, 5.74) is -0.423. The maximum absolute atomic E-state index is 13.7. The van der Waals surface area contributed by atoms with Crippen LogP contribution in [0, 0.1) is 38.0 Å². The minimum atomic E-state index is -0.882. The fourth-order valence-corrected chi connectivity index (χ4v) is 5.30.